The maximum atomic E-state index is 14.0. The van der Waals surface area contributed by atoms with E-state index >= 15 is 0 Å². The molecular weight excluding hydrogens is 1010 g/mol. The molecule has 0 spiro atoms. The minimum Gasteiger partial charge on any atom is -0.382 e. The highest BCUT2D eigenvalue weighted by molar-refractivity contribution is 7.59. The van der Waals surface area contributed by atoms with E-state index in [2.05, 4.69) is 104 Å². The van der Waals surface area contributed by atoms with Crippen molar-refractivity contribution in [3.8, 4) is 22.8 Å². The summed E-state index contributed by atoms with van der Waals surface area (Å²) in [7, 11) is 0. The number of rotatable bonds is 10. The monoisotopic (exact) mass is 1070 g/mol. The molecule has 5 N–H and O–H groups in total. The van der Waals surface area contributed by atoms with Crippen molar-refractivity contribution >= 4 is 93.9 Å². The number of amides is 1. The number of anilines is 2. The number of nitrogens with two attached hydrogens (primary N) is 2. The predicted octanol–water partition coefficient (Wildman–Crippen LogP) is 5.73. The third-order valence-corrected chi connectivity index (χ3v) is 13.8. The smallest absolute Gasteiger partial charge is 0.219 e. The Balaban J connectivity index is 0.000000203. The van der Waals surface area contributed by atoms with E-state index in [1.165, 1.54) is 35.9 Å². The minimum absolute atomic E-state index is 0. The van der Waals surface area contributed by atoms with E-state index in [0.717, 1.165) is 63.0 Å². The number of carbonyl (C=O) groups is 1. The van der Waals surface area contributed by atoms with Crippen LogP contribution in [0, 0.1) is 25.5 Å². The number of hydrogen-bond acceptors (Lipinski definition) is 14. The number of imidazole rings is 2. The molecule has 12 rings (SSSR count). The van der Waals surface area contributed by atoms with Crippen molar-refractivity contribution in [2.75, 3.05) is 37.6 Å². The van der Waals surface area contributed by atoms with E-state index in [9.17, 15) is 13.6 Å². The largest absolute Gasteiger partial charge is 0.382 e. The lowest BCUT2D eigenvalue weighted by atomic mass is 10.1. The molecule has 0 aliphatic carbocycles. The van der Waals surface area contributed by atoms with Gasteiger partial charge in [0.2, 0.25) is 5.91 Å². The van der Waals surface area contributed by atoms with Gasteiger partial charge in [-0.3, -0.25) is 24.6 Å². The summed E-state index contributed by atoms with van der Waals surface area (Å²) in [6.07, 6.45) is 7.84. The zero-order valence-corrected chi connectivity index (χ0v) is 44.6. The number of aryl methyl sites for hydroxylation is 2. The highest BCUT2D eigenvalue weighted by Gasteiger charge is 2.44. The third kappa shape index (κ3) is 11.3. The second-order valence-corrected chi connectivity index (χ2v) is 18.7. The van der Waals surface area contributed by atoms with Crippen LogP contribution >= 0.6 is 54.0 Å². The average molecular weight is 1070 g/mol. The third-order valence-electron chi connectivity index (χ3n) is 13.8. The number of aromatic nitrogens is 10. The summed E-state index contributed by atoms with van der Waals surface area (Å²) in [6.45, 7) is 12.1. The van der Waals surface area contributed by atoms with E-state index in [1.807, 2.05) is 14.0 Å². The Hall–Kier alpha value is -5.95. The van der Waals surface area contributed by atoms with Gasteiger partial charge in [0.1, 0.15) is 34.9 Å². The number of hydrogen-bond donors (Lipinski definition) is 3. The number of benzene rings is 2. The van der Waals surface area contributed by atoms with Crippen molar-refractivity contribution in [1.29, 1.82) is 0 Å². The van der Waals surface area contributed by atoms with Gasteiger partial charge in [-0.05, 0) is 61.1 Å². The number of nitrogen functional groups attached to an aromatic ring is 2. The van der Waals surface area contributed by atoms with Crippen LogP contribution in [0.25, 0.3) is 45.1 Å². The topological polar surface area (TPSA) is 204 Å². The molecule has 4 saturated heterocycles. The Morgan fingerprint density at radius 3 is 1.42 bits per heavy atom. The fraction of sp³-hybridized carbons (Fsp3) is 0.340. The van der Waals surface area contributed by atoms with Crippen LogP contribution < -0.4 is 16.8 Å². The molecule has 4 aliphatic heterocycles. The molecular formula is C50H60F2N16OS4. The van der Waals surface area contributed by atoms with E-state index in [-0.39, 0.29) is 59.9 Å². The normalized spacial score (nSPS) is 18.7. The molecule has 2 aromatic carbocycles. The van der Waals surface area contributed by atoms with Gasteiger partial charge in [-0.15, -0.1) is 0 Å². The molecule has 0 saturated carbocycles. The molecule has 73 heavy (non-hydrogen) atoms. The molecule has 4 bridgehead atoms. The van der Waals surface area contributed by atoms with Gasteiger partial charge in [0, 0.05) is 93.9 Å². The Bertz CT molecular complexity index is 3250. The predicted molar refractivity (Wildman–Crippen MR) is 299 cm³/mol. The fourth-order valence-electron chi connectivity index (χ4n) is 10.6. The Labute approximate surface area is 449 Å². The number of carbonyl (C=O) groups excluding carboxylic acids is 1. The molecule has 17 nitrogen and oxygen atoms in total. The van der Waals surface area contributed by atoms with Crippen molar-refractivity contribution < 1.29 is 13.6 Å². The van der Waals surface area contributed by atoms with Gasteiger partial charge in [0.15, 0.2) is 34.0 Å². The van der Waals surface area contributed by atoms with E-state index < -0.39 is 11.6 Å². The summed E-state index contributed by atoms with van der Waals surface area (Å²) in [6, 6.07) is 22.0. The number of piperazine rings is 2. The van der Waals surface area contributed by atoms with Crippen molar-refractivity contribution in [2.24, 2.45) is 0 Å². The first-order valence-corrected chi connectivity index (χ1v) is 23.3. The lowest BCUT2D eigenvalue weighted by molar-refractivity contribution is -0.131. The van der Waals surface area contributed by atoms with Crippen molar-refractivity contribution in [3.05, 3.63) is 131 Å². The van der Waals surface area contributed by atoms with E-state index in [1.54, 1.807) is 33.2 Å². The first-order chi connectivity index (χ1) is 33.4. The molecule has 0 radical (unpaired) electrons. The molecule has 6 aromatic heterocycles. The van der Waals surface area contributed by atoms with Crippen molar-refractivity contribution in [2.45, 2.75) is 84.0 Å². The Morgan fingerprint density at radius 2 is 1.04 bits per heavy atom. The van der Waals surface area contributed by atoms with Gasteiger partial charge in [-0.2, -0.15) is 54.0 Å². The van der Waals surface area contributed by atoms with Crippen LogP contribution in [0.1, 0.15) is 53.7 Å². The van der Waals surface area contributed by atoms with Crippen LogP contribution in [-0.2, 0) is 31.0 Å². The van der Waals surface area contributed by atoms with Gasteiger partial charge in [-0.1, -0.05) is 48.5 Å². The van der Waals surface area contributed by atoms with Crippen molar-refractivity contribution in [3.63, 3.8) is 0 Å². The summed E-state index contributed by atoms with van der Waals surface area (Å²) in [5.41, 5.74) is 20.3. The molecule has 8 aromatic rings. The highest BCUT2D eigenvalue weighted by Crippen LogP contribution is 2.33. The van der Waals surface area contributed by atoms with Gasteiger partial charge < -0.3 is 30.8 Å². The standard InChI is InChI=1S/C26H27FN8O.C24H25FN8.4H2S/c1-15-30-24(28)23-26(31-15)35(25(32-23)19-7-20(27)10-29-9-19)12-18-5-3-17(4-6-18)11-33-13-22-8-21(33)14-34(22)16(2)36;1-14-29-22(26)21-24(30-14)33(23(31-21)17-6-18(25)9-27-8-17)12-16-4-2-15(3-5-16)11-32-13-19-7-20(32)10-28-19;;;;/h3-7,9-10,21-22H,8,11-14H2,1-2H3,(H2,28,30,31);2-6,8-9,19-20,28H,7,10-13H2,1H3,(H2,26,29,30);4*1H2/t21-,22-;19-,20-;;;;/m00..../s1. The van der Waals surface area contributed by atoms with Crippen LogP contribution in [0.3, 0.4) is 0 Å². The van der Waals surface area contributed by atoms with Crippen LogP contribution in [0.15, 0.2) is 85.5 Å². The maximum Gasteiger partial charge on any atom is 0.219 e. The second-order valence-electron chi connectivity index (χ2n) is 18.7. The molecule has 23 heteroatoms. The number of likely N-dealkylation sites (tertiary alicyclic amines) is 3. The quantitative estimate of drug-likeness (QED) is 0.150. The van der Waals surface area contributed by atoms with E-state index in [4.69, 9.17) is 11.5 Å². The number of pyridine rings is 2. The molecule has 0 unspecified atom stereocenters. The van der Waals surface area contributed by atoms with Gasteiger partial charge in [0.25, 0.3) is 0 Å². The maximum absolute atomic E-state index is 14.0. The Kier molecular flexibility index (Phi) is 17.0. The molecule has 4 aliphatic rings. The number of fused-ring (bicyclic) bond motifs is 6. The van der Waals surface area contributed by atoms with Crippen LogP contribution in [-0.4, -0.2) is 120 Å². The van der Waals surface area contributed by atoms with Gasteiger partial charge >= 0.3 is 0 Å². The molecule has 4 fully saturated rings. The fourth-order valence-corrected chi connectivity index (χ4v) is 10.6. The summed E-state index contributed by atoms with van der Waals surface area (Å²) in [5, 5.41) is 3.55. The highest BCUT2D eigenvalue weighted by atomic mass is 32.1. The Morgan fingerprint density at radius 1 is 0.589 bits per heavy atom. The van der Waals surface area contributed by atoms with Crippen LogP contribution in [0.4, 0.5) is 20.4 Å². The molecule has 4 atom stereocenters. The number of nitrogens with one attached hydrogen (secondary N) is 1. The number of halogens is 2. The minimum atomic E-state index is -0.437. The van der Waals surface area contributed by atoms with Crippen LogP contribution in [0.2, 0.25) is 0 Å². The zero-order chi connectivity index (χ0) is 47.5. The first-order valence-electron chi connectivity index (χ1n) is 23.3. The van der Waals surface area contributed by atoms with Gasteiger partial charge in [0.05, 0.1) is 25.5 Å². The van der Waals surface area contributed by atoms with Crippen LogP contribution in [0.5, 0.6) is 0 Å². The zero-order valence-electron chi connectivity index (χ0n) is 40.6. The molecule has 384 valence electrons. The lowest BCUT2D eigenvalue weighted by Gasteiger charge is -2.33. The molecule has 10 heterocycles. The first kappa shape index (κ1) is 54.8. The SMILES string of the molecule is CC(=O)N1C[C@@H]2C[C@H]1CN2Cc1ccc(Cn2c(-c3cncc(F)c3)nc3c(N)nc(C)nc32)cc1.Cc1nc(N)c2nc(-c3cncc(F)c3)n(Cc3ccc(CN4C[C@@H]5C[C@H]4CN5)cc3)c2n1.S.S.S.S. The summed E-state index contributed by atoms with van der Waals surface area (Å²) in [4.78, 5) is 53.8. The summed E-state index contributed by atoms with van der Waals surface area (Å²) >= 11 is 0. The average Bonchev–Trinajstić information content (AvgIpc) is 4.20. The molecule has 1 amide bonds. The second kappa shape index (κ2) is 22.7. The number of nitrogens with zero attached hydrogens (tertiary/aromatic N) is 13. The summed E-state index contributed by atoms with van der Waals surface area (Å²) < 4.78 is 31.8. The van der Waals surface area contributed by atoms with Gasteiger partial charge in [-0.25, -0.2) is 38.7 Å². The summed E-state index contributed by atoms with van der Waals surface area (Å²) in [5.74, 6) is 2.13. The van der Waals surface area contributed by atoms with E-state index in [0.29, 0.717) is 106 Å². The lowest BCUT2D eigenvalue weighted by Crippen LogP contribution is -2.47. The van der Waals surface area contributed by atoms with Crippen molar-refractivity contribution in [1.82, 2.24) is 69.0 Å².